The second kappa shape index (κ2) is 13.0. The van der Waals surface area contributed by atoms with Crippen LogP contribution in [0.1, 0.15) is 0 Å². The van der Waals surface area contributed by atoms with E-state index in [-0.39, 0.29) is 0 Å². The van der Waals surface area contributed by atoms with Crippen molar-refractivity contribution in [3.63, 3.8) is 0 Å². The molecule has 0 bridgehead atoms. The molecule has 34 heteroatoms. The lowest BCUT2D eigenvalue weighted by atomic mass is 9.85. The molecule has 0 aromatic rings. The monoisotopic (exact) mass is 733 g/mol. The number of hydrogen-bond donors (Lipinski definition) is 6. The Hall–Kier alpha value is 0.810. The van der Waals surface area contributed by atoms with E-state index in [1.165, 1.54) is 0 Å². The van der Waals surface area contributed by atoms with E-state index in [1.54, 1.807) is 0 Å². The normalized spacial score (nSPS) is 36.4. The molecule has 9 unspecified atom stereocenters. The molecule has 40 heavy (non-hydrogen) atoms. The highest BCUT2D eigenvalue weighted by Gasteiger charge is 2.59. The van der Waals surface area contributed by atoms with Crippen LogP contribution in [0.15, 0.2) is 0 Å². The minimum absolute atomic E-state index is 3.09. The Bertz CT molecular complexity index is 1160. The van der Waals surface area contributed by atoms with Crippen LogP contribution in [0.25, 0.3) is 0 Å². The van der Waals surface area contributed by atoms with Crippen LogP contribution in [0.5, 0.6) is 0 Å². The Kier molecular flexibility index (Phi) is 12.7. The minimum atomic E-state index is -6.82. The van der Waals surface area contributed by atoms with E-state index in [1.807, 2.05) is 0 Å². The van der Waals surface area contributed by atoms with E-state index in [2.05, 4.69) is 31.5 Å². The zero-order valence-electron chi connectivity index (χ0n) is 17.9. The van der Waals surface area contributed by atoms with Gasteiger partial charge in [-0.3, -0.25) is 32.0 Å². The summed E-state index contributed by atoms with van der Waals surface area (Å²) < 4.78 is 106. The van der Waals surface area contributed by atoms with Crippen molar-refractivity contribution in [2.24, 2.45) is 0 Å². The fraction of sp³-hybridized carbons (Fsp3) is 1.00. The Balaban J connectivity index is 4.13. The Morgan fingerprint density at radius 1 is 0.350 bits per heavy atom. The standard InChI is InChI=1S/C6H19O27P7/c7-34(8,9)27-1-2(28-35(10,11)12)4(30-37(16,17)18)6(32-40(25,26)33-39(22,23)24)5(31-38(19,20)21)3(1)29-36(13,14)15/h1-6H,(H,25,26)(H2,7,8,9)(H2,10,11,12)(H2,13,14,15)(H2,16,17,18)(H2,19,20,21)(H2,22,23,24)/p-7/t1?,2-,3+,4+,5-,6?. The number of phosphoric ester groups is 6. The van der Waals surface area contributed by atoms with E-state index in [9.17, 15) is 66.2 Å². The van der Waals surface area contributed by atoms with E-state index < -0.39 is 91.4 Å². The van der Waals surface area contributed by atoms with Crippen molar-refractivity contribution in [2.75, 3.05) is 0 Å². The predicted molar refractivity (Wildman–Crippen MR) is 96.9 cm³/mol. The van der Waals surface area contributed by atoms with Gasteiger partial charge in [-0.05, 0) is 0 Å². The number of rotatable bonds is 14. The molecule has 0 amide bonds. The van der Waals surface area contributed by atoms with Gasteiger partial charge in [-0.25, -0.2) is 4.31 Å². The fourth-order valence-electron chi connectivity index (χ4n) is 2.91. The summed E-state index contributed by atoms with van der Waals surface area (Å²) in [6, 6.07) is 0. The molecular weight excluding hydrogens is 721 g/mol. The highest BCUT2D eigenvalue weighted by molar-refractivity contribution is 7.59. The maximum Gasteiger partial charge on any atom is 0.274 e. The average Bonchev–Trinajstić information content (AvgIpc) is 2.57. The topological polar surface area (TPSA) is 467 Å². The van der Waals surface area contributed by atoms with Gasteiger partial charge in [-0.1, -0.05) is 0 Å². The predicted octanol–water partition coefficient (Wildman–Crippen LogP) is -7.44. The molecule has 1 rings (SSSR count). The molecule has 0 aromatic heterocycles. The molecule has 0 heterocycles. The minimum Gasteiger partial charge on any atom is -0.756 e. The van der Waals surface area contributed by atoms with E-state index in [0.717, 1.165) is 0 Å². The molecule has 0 aromatic carbocycles. The third-order valence-corrected chi connectivity index (χ3v) is 8.35. The second-order valence-corrected chi connectivity index (χ2v) is 15.2. The summed E-state index contributed by atoms with van der Waals surface area (Å²) in [5.74, 6) is 0. The molecule has 27 nitrogen and oxygen atoms in total. The van der Waals surface area contributed by atoms with Crippen LogP contribution >= 0.6 is 54.8 Å². The summed E-state index contributed by atoms with van der Waals surface area (Å²) in [4.78, 5) is 133. The van der Waals surface area contributed by atoms with Gasteiger partial charge in [0.1, 0.15) is 36.6 Å². The molecule has 1 fully saturated rings. The first-order valence-corrected chi connectivity index (χ1v) is 19.1. The van der Waals surface area contributed by atoms with Crippen molar-refractivity contribution in [1.29, 1.82) is 0 Å². The molecule has 1 saturated carbocycles. The van der Waals surface area contributed by atoms with Crippen molar-refractivity contribution in [1.82, 2.24) is 0 Å². The fourth-order valence-corrected chi connectivity index (χ4v) is 7.35. The molecule has 13 atom stereocenters. The lowest BCUT2D eigenvalue weighted by molar-refractivity contribution is -0.297. The summed E-state index contributed by atoms with van der Waals surface area (Å²) in [6.07, 6.45) is -21.3. The highest BCUT2D eigenvalue weighted by Crippen LogP contribution is 2.58. The summed E-state index contributed by atoms with van der Waals surface area (Å²) >= 11 is 0. The van der Waals surface area contributed by atoms with Gasteiger partial charge in [-0.15, -0.1) is 0 Å². The van der Waals surface area contributed by atoms with Crippen LogP contribution in [-0.2, 0) is 63.4 Å². The lowest BCUT2D eigenvalue weighted by Crippen LogP contribution is -2.67. The molecule has 0 saturated heterocycles. The van der Waals surface area contributed by atoms with Gasteiger partial charge in [0.15, 0.2) is 0 Å². The Labute approximate surface area is 219 Å². The van der Waals surface area contributed by atoms with Crippen molar-refractivity contribution in [3.8, 4) is 0 Å². The third kappa shape index (κ3) is 15.0. The molecular formula is C6H12O27P7-7. The van der Waals surface area contributed by atoms with Gasteiger partial charge in [0.05, 0.1) is 0 Å². The van der Waals surface area contributed by atoms with E-state index in [4.69, 9.17) is 29.4 Å². The summed E-state index contributed by atoms with van der Waals surface area (Å²) in [5, 5.41) is 0. The Morgan fingerprint density at radius 3 is 0.675 bits per heavy atom. The van der Waals surface area contributed by atoms with Gasteiger partial charge < -0.3 is 90.8 Å². The third-order valence-electron chi connectivity index (χ3n) is 3.67. The van der Waals surface area contributed by atoms with Gasteiger partial charge >= 0.3 is 0 Å². The SMILES string of the molecule is O=P([O-])(O)OC1[C@@H](OP(=O)([O-])O)[C@H](OP(=O)([O-])O)C(OP(=O)([O-])OP(=O)([O-])O)[C@H](OP(=O)([O-])O)[C@H]1OP(=O)([O-])O. The number of phosphoric acid groups is 7. The average molecular weight is 733 g/mol. The van der Waals surface area contributed by atoms with Gasteiger partial charge in [0, 0.05) is 0 Å². The largest absolute Gasteiger partial charge is 0.756 e. The molecule has 1 aliphatic carbocycles. The van der Waals surface area contributed by atoms with E-state index >= 15 is 0 Å². The maximum atomic E-state index is 12.0. The zero-order chi connectivity index (χ0) is 31.9. The first-order valence-electron chi connectivity index (χ1n) is 8.63. The lowest BCUT2D eigenvalue weighted by Gasteiger charge is -2.52. The highest BCUT2D eigenvalue weighted by atomic mass is 31.3. The second-order valence-electron chi connectivity index (χ2n) is 6.76. The molecule has 240 valence electrons. The maximum absolute atomic E-state index is 12.0. The molecule has 1 aliphatic rings. The first-order chi connectivity index (χ1) is 17.3. The van der Waals surface area contributed by atoms with Crippen molar-refractivity contribution in [3.05, 3.63) is 0 Å². The Morgan fingerprint density at radius 2 is 0.525 bits per heavy atom. The molecule has 6 N–H and O–H groups in total. The van der Waals surface area contributed by atoms with Crippen molar-refractivity contribution < 1.29 is 127 Å². The van der Waals surface area contributed by atoms with Crippen molar-refractivity contribution in [2.45, 2.75) is 36.6 Å². The summed E-state index contributed by atoms with van der Waals surface area (Å²) in [5.41, 5.74) is 0. The smallest absolute Gasteiger partial charge is 0.274 e. The van der Waals surface area contributed by atoms with Crippen LogP contribution in [0.3, 0.4) is 0 Å². The molecule has 0 spiro atoms. The molecule has 0 aliphatic heterocycles. The van der Waals surface area contributed by atoms with Gasteiger partial charge in [0.25, 0.3) is 54.8 Å². The quantitative estimate of drug-likeness (QED) is 0.0903. The number of hydrogen-bond acceptors (Lipinski definition) is 21. The van der Waals surface area contributed by atoms with Crippen LogP contribution in [0, 0.1) is 0 Å². The summed E-state index contributed by atoms with van der Waals surface area (Å²) in [7, 11) is -45.7. The zero-order valence-corrected chi connectivity index (χ0v) is 24.1. The van der Waals surface area contributed by atoms with Gasteiger partial charge in [-0.2, -0.15) is 0 Å². The van der Waals surface area contributed by atoms with Gasteiger partial charge in [0.2, 0.25) is 0 Å². The first kappa shape index (κ1) is 38.8. The van der Waals surface area contributed by atoms with Crippen LogP contribution in [0.2, 0.25) is 0 Å². The van der Waals surface area contributed by atoms with Crippen LogP contribution in [0.4, 0.5) is 0 Å². The molecule has 0 radical (unpaired) electrons. The van der Waals surface area contributed by atoms with E-state index in [0.29, 0.717) is 0 Å². The summed E-state index contributed by atoms with van der Waals surface area (Å²) in [6.45, 7) is 0. The van der Waals surface area contributed by atoms with Crippen molar-refractivity contribution >= 4 is 54.8 Å². The van der Waals surface area contributed by atoms with Crippen LogP contribution < -0.4 is 34.3 Å². The van der Waals surface area contributed by atoms with Crippen LogP contribution in [-0.4, -0.2) is 66.0 Å².